The maximum Gasteiger partial charge on any atom is 0.321 e. The fourth-order valence-corrected chi connectivity index (χ4v) is 1.57. The van der Waals surface area contributed by atoms with Gasteiger partial charge < -0.3 is 27.2 Å². The lowest BCUT2D eigenvalue weighted by Gasteiger charge is -2.09. The summed E-state index contributed by atoms with van der Waals surface area (Å²) in [7, 11) is 0. The second kappa shape index (κ2) is 8.93. The van der Waals surface area contributed by atoms with E-state index in [1.54, 1.807) is 0 Å². The summed E-state index contributed by atoms with van der Waals surface area (Å²) < 4.78 is 0. The van der Waals surface area contributed by atoms with E-state index < -0.39 is 29.1 Å². The molecule has 0 radical (unpaired) electrons. The Morgan fingerprint density at radius 1 is 1.12 bits per heavy atom. The minimum Gasteiger partial charge on any atom is -0.481 e. The van der Waals surface area contributed by atoms with Crippen molar-refractivity contribution in [1.29, 1.82) is 0 Å². The van der Waals surface area contributed by atoms with Crippen LogP contribution in [0.3, 0.4) is 0 Å². The first-order chi connectivity index (χ1) is 7.34. The maximum absolute atomic E-state index is 11.3. The highest BCUT2D eigenvalue weighted by Crippen LogP contribution is 2.09. The quantitative estimate of drug-likeness (QED) is 0.410. The molecule has 9 heteroatoms. The molecular formula is C8H16N2O6S. The second-order valence-corrected chi connectivity index (χ2v) is 4.14. The van der Waals surface area contributed by atoms with Gasteiger partial charge in [-0.2, -0.15) is 0 Å². The van der Waals surface area contributed by atoms with Crippen LogP contribution >= 0.6 is 11.8 Å². The molecule has 0 aliphatic carbocycles. The smallest absolute Gasteiger partial charge is 0.321 e. The first-order valence-electron chi connectivity index (χ1n) is 4.47. The molecule has 0 spiro atoms. The van der Waals surface area contributed by atoms with Gasteiger partial charge in [-0.3, -0.25) is 14.4 Å². The molecule has 0 saturated carbocycles. The van der Waals surface area contributed by atoms with Gasteiger partial charge in [-0.1, -0.05) is 11.8 Å². The fourth-order valence-electron chi connectivity index (χ4n) is 0.747. The highest BCUT2D eigenvalue weighted by Gasteiger charge is 2.19. The maximum atomic E-state index is 11.3. The molecule has 17 heavy (non-hydrogen) atoms. The predicted octanol–water partition coefficient (Wildman–Crippen LogP) is -1.97. The van der Waals surface area contributed by atoms with Crippen LogP contribution in [0.15, 0.2) is 0 Å². The molecule has 0 fully saturated rings. The van der Waals surface area contributed by atoms with Crippen LogP contribution in [0.5, 0.6) is 0 Å². The lowest BCUT2D eigenvalue weighted by atomic mass is 10.2. The molecule has 0 aromatic carbocycles. The third-order valence-corrected chi connectivity index (χ3v) is 2.81. The summed E-state index contributed by atoms with van der Waals surface area (Å²) in [5, 5.41) is 16.4. The molecule has 0 aromatic heterocycles. The van der Waals surface area contributed by atoms with Crippen LogP contribution in [0.25, 0.3) is 0 Å². The lowest BCUT2D eigenvalue weighted by molar-refractivity contribution is -0.138. The first kappa shape index (κ1) is 18.2. The van der Waals surface area contributed by atoms with Crippen LogP contribution in [-0.4, -0.2) is 50.6 Å². The Morgan fingerprint density at radius 3 is 2.06 bits per heavy atom. The average Bonchev–Trinajstić information content (AvgIpc) is 2.21. The number of carbonyl (C=O) groups excluding carboxylic acids is 1. The summed E-state index contributed by atoms with van der Waals surface area (Å²) in [6.45, 7) is 0. The minimum absolute atomic E-state index is 0. The Balaban J connectivity index is 0. The third kappa shape index (κ3) is 8.63. The molecule has 0 saturated heterocycles. The molecule has 8 nitrogen and oxygen atoms in total. The zero-order valence-corrected chi connectivity index (χ0v) is 9.77. The van der Waals surface area contributed by atoms with Crippen molar-refractivity contribution in [3.05, 3.63) is 0 Å². The normalized spacial score (nSPS) is 13.3. The number of hydrogen-bond donors (Lipinski definition) is 4. The molecule has 0 rings (SSSR count). The van der Waals surface area contributed by atoms with Crippen molar-refractivity contribution in [1.82, 2.24) is 0 Å². The van der Waals surface area contributed by atoms with Crippen molar-refractivity contribution in [2.75, 3.05) is 5.75 Å². The lowest BCUT2D eigenvalue weighted by Crippen LogP contribution is -2.35. The number of nitrogens with two attached hydrogens (primary N) is 2. The Hall–Kier alpha value is -1.16. The van der Waals surface area contributed by atoms with Crippen LogP contribution in [0.2, 0.25) is 0 Å². The van der Waals surface area contributed by atoms with Crippen LogP contribution in [-0.2, 0) is 14.4 Å². The summed E-state index contributed by atoms with van der Waals surface area (Å²) in [5.41, 5.74) is 10.6. The average molecular weight is 268 g/mol. The molecular weight excluding hydrogens is 252 g/mol. The largest absolute Gasteiger partial charge is 0.481 e. The van der Waals surface area contributed by atoms with Crippen molar-refractivity contribution >= 4 is 28.8 Å². The second-order valence-electron chi connectivity index (χ2n) is 3.11. The molecule has 2 atom stereocenters. The van der Waals surface area contributed by atoms with Gasteiger partial charge >= 0.3 is 11.9 Å². The Bertz CT molecular complexity index is 285. The highest BCUT2D eigenvalue weighted by molar-refractivity contribution is 8.13. The highest BCUT2D eigenvalue weighted by atomic mass is 32.2. The Labute approximate surface area is 102 Å². The summed E-state index contributed by atoms with van der Waals surface area (Å²) in [5.74, 6) is -2.30. The van der Waals surface area contributed by atoms with Crippen molar-refractivity contribution in [3.8, 4) is 0 Å². The Morgan fingerprint density at radius 2 is 1.65 bits per heavy atom. The summed E-state index contributed by atoms with van der Waals surface area (Å²) in [6, 6.07) is -2.03. The number of carbonyl (C=O) groups is 3. The predicted molar refractivity (Wildman–Crippen MR) is 61.5 cm³/mol. The van der Waals surface area contributed by atoms with E-state index in [0.717, 1.165) is 0 Å². The number of hydrogen-bond acceptors (Lipinski definition) is 6. The van der Waals surface area contributed by atoms with Gasteiger partial charge in [0.1, 0.15) is 6.04 Å². The monoisotopic (exact) mass is 268 g/mol. The minimum atomic E-state index is -1.19. The van der Waals surface area contributed by atoms with Gasteiger partial charge in [0, 0.05) is 12.2 Å². The molecule has 8 N–H and O–H groups in total. The standard InChI is InChI=1S/C8H14N2O5S.H2O/c9-4(1-2-6(11)12)8(15)16-3-5(10)7(13)14;/h4-5H,1-3,9-10H2,(H,11,12)(H,13,14);1H2/t4-,5-;/m0./s1. The van der Waals surface area contributed by atoms with Crippen molar-refractivity contribution in [3.63, 3.8) is 0 Å². The van der Waals surface area contributed by atoms with Gasteiger partial charge in [-0.05, 0) is 6.42 Å². The SMILES string of the molecule is N[C@@H](CSC(=O)[C@@H](N)CCC(=O)O)C(=O)O.O. The number of carboxylic acids is 2. The van der Waals surface area contributed by atoms with Crippen molar-refractivity contribution in [2.24, 2.45) is 11.5 Å². The van der Waals surface area contributed by atoms with Gasteiger partial charge in [0.2, 0.25) is 5.12 Å². The summed E-state index contributed by atoms with van der Waals surface area (Å²) >= 11 is 0.710. The first-order valence-corrected chi connectivity index (χ1v) is 5.45. The number of thioether (sulfide) groups is 1. The zero-order chi connectivity index (χ0) is 12.7. The molecule has 0 unspecified atom stereocenters. The molecule has 0 aromatic rings. The summed E-state index contributed by atoms with van der Waals surface area (Å²) in [4.78, 5) is 31.8. The van der Waals surface area contributed by atoms with E-state index >= 15 is 0 Å². The van der Waals surface area contributed by atoms with Gasteiger partial charge in [0.25, 0.3) is 0 Å². The van der Waals surface area contributed by atoms with E-state index in [1.165, 1.54) is 0 Å². The van der Waals surface area contributed by atoms with E-state index in [-0.39, 0.29) is 24.1 Å². The summed E-state index contributed by atoms with van der Waals surface area (Å²) in [6.07, 6.45) is -0.165. The molecule has 0 amide bonds. The molecule has 0 aliphatic rings. The van der Waals surface area contributed by atoms with E-state index in [9.17, 15) is 14.4 Å². The number of rotatable bonds is 7. The van der Waals surface area contributed by atoms with Crippen LogP contribution in [0.4, 0.5) is 0 Å². The van der Waals surface area contributed by atoms with E-state index in [0.29, 0.717) is 11.8 Å². The van der Waals surface area contributed by atoms with Crippen LogP contribution < -0.4 is 11.5 Å². The van der Waals surface area contributed by atoms with Gasteiger partial charge in [-0.15, -0.1) is 0 Å². The van der Waals surface area contributed by atoms with Gasteiger partial charge in [-0.25, -0.2) is 0 Å². The van der Waals surface area contributed by atoms with E-state index in [2.05, 4.69) is 0 Å². The van der Waals surface area contributed by atoms with Crippen molar-refractivity contribution in [2.45, 2.75) is 24.9 Å². The topological polar surface area (TPSA) is 175 Å². The third-order valence-electron chi connectivity index (χ3n) is 1.69. The number of carboxylic acid groups (broad SMARTS) is 2. The molecule has 0 heterocycles. The zero-order valence-electron chi connectivity index (χ0n) is 8.96. The van der Waals surface area contributed by atoms with Crippen LogP contribution in [0, 0.1) is 0 Å². The van der Waals surface area contributed by atoms with E-state index in [4.69, 9.17) is 21.7 Å². The fraction of sp³-hybridized carbons (Fsp3) is 0.625. The van der Waals surface area contributed by atoms with Gasteiger partial charge in [0.15, 0.2) is 0 Å². The number of aliphatic carboxylic acids is 2. The van der Waals surface area contributed by atoms with E-state index in [1.807, 2.05) is 0 Å². The van der Waals surface area contributed by atoms with Crippen molar-refractivity contribution < 1.29 is 30.1 Å². The van der Waals surface area contributed by atoms with Gasteiger partial charge in [0.05, 0.1) is 6.04 Å². The molecule has 0 aliphatic heterocycles. The van der Waals surface area contributed by atoms with Crippen LogP contribution in [0.1, 0.15) is 12.8 Å². The molecule has 100 valence electrons. The Kier molecular flexibility index (Phi) is 9.57. The molecule has 0 bridgehead atoms.